The zero-order chi connectivity index (χ0) is 20.2. The number of nitrogens with zero attached hydrogens (tertiary/aromatic N) is 4. The molecule has 2 atom stereocenters. The fraction of sp³-hybridized carbons (Fsp3) is 0.435. The van der Waals surface area contributed by atoms with E-state index in [4.69, 9.17) is 14.5 Å². The molecule has 1 saturated carbocycles. The molecular formula is C23H28N4O2. The molecular weight excluding hydrogens is 364 g/mol. The van der Waals surface area contributed by atoms with E-state index in [1.807, 2.05) is 42.5 Å². The van der Waals surface area contributed by atoms with Gasteiger partial charge in [-0.1, -0.05) is 18.2 Å². The molecule has 2 aliphatic rings. The lowest BCUT2D eigenvalue weighted by atomic mass is 10.2. The molecule has 0 N–H and O–H groups in total. The van der Waals surface area contributed by atoms with Gasteiger partial charge in [0.2, 0.25) is 5.90 Å². The summed E-state index contributed by atoms with van der Waals surface area (Å²) in [6.07, 6.45) is 3.76. The number of hydrogen-bond acceptors (Lipinski definition) is 6. The number of hydrogen-bond donors (Lipinski definition) is 0. The average molecular weight is 393 g/mol. The lowest BCUT2D eigenvalue weighted by Gasteiger charge is -2.23. The molecule has 0 radical (unpaired) electrons. The Kier molecular flexibility index (Phi) is 5.79. The van der Waals surface area contributed by atoms with Gasteiger partial charge in [0, 0.05) is 36.5 Å². The van der Waals surface area contributed by atoms with Crippen LogP contribution in [0, 0.1) is 12.8 Å². The second-order valence-corrected chi connectivity index (χ2v) is 7.89. The minimum atomic E-state index is 0.515. The van der Waals surface area contributed by atoms with Crippen LogP contribution in [0.1, 0.15) is 35.6 Å². The molecule has 1 fully saturated rings. The van der Waals surface area contributed by atoms with Gasteiger partial charge in [-0.05, 0) is 42.7 Å². The first-order chi connectivity index (χ1) is 14.1. The number of aliphatic imine (C=N–C) groups is 1. The Morgan fingerprint density at radius 3 is 2.72 bits per heavy atom. The van der Waals surface area contributed by atoms with Gasteiger partial charge in [0.25, 0.3) is 0 Å². The Morgan fingerprint density at radius 1 is 1.17 bits per heavy atom. The van der Waals surface area contributed by atoms with Crippen molar-refractivity contribution in [2.45, 2.75) is 32.2 Å². The molecule has 0 amide bonds. The Labute approximate surface area is 172 Å². The van der Waals surface area contributed by atoms with E-state index >= 15 is 0 Å². The third kappa shape index (κ3) is 5.13. The van der Waals surface area contributed by atoms with Crippen LogP contribution in [-0.4, -0.2) is 48.9 Å². The summed E-state index contributed by atoms with van der Waals surface area (Å²) in [7, 11) is 3.64. The van der Waals surface area contributed by atoms with Crippen molar-refractivity contribution in [1.82, 2.24) is 9.99 Å². The van der Waals surface area contributed by atoms with Gasteiger partial charge in [0.05, 0.1) is 33.2 Å². The van der Waals surface area contributed by atoms with Crippen LogP contribution in [0.2, 0.25) is 0 Å². The van der Waals surface area contributed by atoms with Gasteiger partial charge in [-0.15, -0.1) is 5.10 Å². The van der Waals surface area contributed by atoms with Crippen molar-refractivity contribution >= 4 is 11.6 Å². The van der Waals surface area contributed by atoms with E-state index in [0.29, 0.717) is 31.4 Å². The van der Waals surface area contributed by atoms with Crippen molar-refractivity contribution in [2.75, 3.05) is 27.3 Å². The van der Waals surface area contributed by atoms with E-state index < -0.39 is 0 Å². The van der Waals surface area contributed by atoms with Crippen molar-refractivity contribution < 1.29 is 9.47 Å². The molecule has 0 saturated heterocycles. The molecule has 6 heteroatoms. The lowest BCUT2D eigenvalue weighted by Crippen LogP contribution is -2.31. The molecule has 2 unspecified atom stereocenters. The molecule has 2 heterocycles. The fourth-order valence-electron chi connectivity index (χ4n) is 3.57. The topological polar surface area (TPSA) is 59.3 Å². The minimum Gasteiger partial charge on any atom is -0.497 e. The summed E-state index contributed by atoms with van der Waals surface area (Å²) >= 11 is 0. The van der Waals surface area contributed by atoms with Crippen molar-refractivity contribution in [1.29, 1.82) is 0 Å². The van der Waals surface area contributed by atoms with Gasteiger partial charge < -0.3 is 9.47 Å². The van der Waals surface area contributed by atoms with Crippen molar-refractivity contribution in [3.8, 4) is 5.75 Å². The zero-order valence-corrected chi connectivity index (χ0v) is 17.3. The molecule has 6 nitrogen and oxygen atoms in total. The summed E-state index contributed by atoms with van der Waals surface area (Å²) in [5, 5.41) is 6.43. The lowest BCUT2D eigenvalue weighted by molar-refractivity contribution is 0.258. The van der Waals surface area contributed by atoms with Gasteiger partial charge in [-0.25, -0.2) is 0 Å². The Morgan fingerprint density at radius 2 is 2.00 bits per heavy atom. The third-order valence-corrected chi connectivity index (χ3v) is 5.39. The maximum absolute atomic E-state index is 6.05. The molecule has 1 aliphatic heterocycles. The highest BCUT2D eigenvalue weighted by Gasteiger charge is 2.40. The first kappa shape index (κ1) is 19.4. The predicted octanol–water partition coefficient (Wildman–Crippen LogP) is 3.81. The number of rotatable bonds is 6. The molecule has 1 aromatic carbocycles. The zero-order valence-electron chi connectivity index (χ0n) is 17.3. The monoisotopic (exact) mass is 392 g/mol. The number of aromatic nitrogens is 1. The highest BCUT2D eigenvalue weighted by Crippen LogP contribution is 2.46. The largest absolute Gasteiger partial charge is 0.497 e. The second-order valence-electron chi connectivity index (χ2n) is 7.89. The van der Waals surface area contributed by atoms with Crippen LogP contribution in [0.15, 0.2) is 52.7 Å². The van der Waals surface area contributed by atoms with Gasteiger partial charge in [0.1, 0.15) is 5.75 Å². The van der Waals surface area contributed by atoms with Crippen LogP contribution in [0.25, 0.3) is 0 Å². The highest BCUT2D eigenvalue weighted by molar-refractivity contribution is 6.03. The number of methoxy groups -OCH3 is 1. The number of pyridine rings is 1. The van der Waals surface area contributed by atoms with Gasteiger partial charge in [-0.3, -0.25) is 15.0 Å². The maximum atomic E-state index is 6.05. The molecule has 0 bridgehead atoms. The van der Waals surface area contributed by atoms with E-state index in [1.165, 1.54) is 11.3 Å². The molecule has 4 rings (SSSR count). The first-order valence-corrected chi connectivity index (χ1v) is 10.1. The van der Waals surface area contributed by atoms with Gasteiger partial charge in [0.15, 0.2) is 0 Å². The van der Waals surface area contributed by atoms with Crippen LogP contribution in [0.3, 0.4) is 0 Å². The second kappa shape index (κ2) is 8.64. The van der Waals surface area contributed by atoms with Crippen LogP contribution in [-0.2, 0) is 11.3 Å². The Bertz CT molecular complexity index is 890. The summed E-state index contributed by atoms with van der Waals surface area (Å²) in [5.74, 6) is 2.66. The molecule has 152 valence electrons. The summed E-state index contributed by atoms with van der Waals surface area (Å²) < 4.78 is 11.3. The third-order valence-electron chi connectivity index (χ3n) is 5.39. The van der Waals surface area contributed by atoms with Crippen molar-refractivity contribution in [3.63, 3.8) is 0 Å². The first-order valence-electron chi connectivity index (χ1n) is 10.1. The SMILES string of the molecule is COc1ccc(CN=C2CC(OCC3CC3c3ccc(C)cn3)=NN(C)C2)cc1. The molecule has 0 spiro atoms. The normalized spacial score (nSPS) is 22.4. The Balaban J connectivity index is 1.29. The molecule has 1 aromatic heterocycles. The average Bonchev–Trinajstić information content (AvgIpc) is 3.51. The van der Waals surface area contributed by atoms with E-state index in [-0.39, 0.29) is 0 Å². The number of hydrazone groups is 1. The van der Waals surface area contributed by atoms with Crippen molar-refractivity contribution in [2.24, 2.45) is 16.0 Å². The minimum absolute atomic E-state index is 0.515. The van der Waals surface area contributed by atoms with Crippen LogP contribution >= 0.6 is 0 Å². The van der Waals surface area contributed by atoms with Crippen LogP contribution < -0.4 is 4.74 Å². The maximum Gasteiger partial charge on any atom is 0.211 e. The number of ether oxygens (including phenoxy) is 2. The molecule has 2 aromatic rings. The van der Waals surface area contributed by atoms with Gasteiger partial charge in [-0.2, -0.15) is 0 Å². The standard InChI is InChI=1S/C23H28N4O2/c1-16-4-9-22(25-12-16)21-10-18(21)15-29-23-11-19(14-27(2)26-23)24-13-17-5-7-20(28-3)8-6-17/h4-9,12,18,21H,10-11,13-15H2,1-3H3. The summed E-state index contributed by atoms with van der Waals surface area (Å²) in [6, 6.07) is 12.3. The van der Waals surface area contributed by atoms with Crippen LogP contribution in [0.4, 0.5) is 0 Å². The number of aryl methyl sites for hydroxylation is 1. The highest BCUT2D eigenvalue weighted by atomic mass is 16.5. The van der Waals surface area contributed by atoms with E-state index in [1.54, 1.807) is 7.11 Å². The Hall–Kier alpha value is -2.89. The van der Waals surface area contributed by atoms with E-state index in [2.05, 4.69) is 29.1 Å². The summed E-state index contributed by atoms with van der Waals surface area (Å²) in [4.78, 5) is 9.34. The summed E-state index contributed by atoms with van der Waals surface area (Å²) in [5.41, 5.74) is 4.63. The number of benzene rings is 1. The fourth-order valence-corrected chi connectivity index (χ4v) is 3.57. The predicted molar refractivity (Wildman–Crippen MR) is 115 cm³/mol. The summed E-state index contributed by atoms with van der Waals surface area (Å²) in [6.45, 7) is 4.15. The quantitative estimate of drug-likeness (QED) is 0.750. The van der Waals surface area contributed by atoms with Gasteiger partial charge >= 0.3 is 0 Å². The van der Waals surface area contributed by atoms with E-state index in [0.717, 1.165) is 35.9 Å². The van der Waals surface area contributed by atoms with Crippen LogP contribution in [0.5, 0.6) is 5.75 Å². The van der Waals surface area contributed by atoms with Crippen molar-refractivity contribution in [3.05, 3.63) is 59.4 Å². The smallest absolute Gasteiger partial charge is 0.211 e. The molecule has 29 heavy (non-hydrogen) atoms. The molecule has 1 aliphatic carbocycles. The van der Waals surface area contributed by atoms with E-state index in [9.17, 15) is 0 Å².